The Hall–Kier alpha value is -3.48. The first kappa shape index (κ1) is 25.8. The highest BCUT2D eigenvalue weighted by atomic mass is 16.5. The quantitative estimate of drug-likeness (QED) is 0.300. The molecule has 7 nitrogen and oxygen atoms in total. The molecule has 0 spiro atoms. The van der Waals surface area contributed by atoms with Crippen molar-refractivity contribution in [1.29, 1.82) is 0 Å². The van der Waals surface area contributed by atoms with Gasteiger partial charge in [-0.15, -0.1) is 0 Å². The fourth-order valence-corrected chi connectivity index (χ4v) is 5.94. The zero-order chi connectivity index (χ0) is 26.8. The van der Waals surface area contributed by atoms with Gasteiger partial charge >= 0.3 is 5.97 Å². The summed E-state index contributed by atoms with van der Waals surface area (Å²) >= 11 is 0. The Labute approximate surface area is 230 Å². The maximum Gasteiger partial charge on any atom is 0.303 e. The Morgan fingerprint density at radius 2 is 1.85 bits per heavy atom. The third-order valence-electron chi connectivity index (χ3n) is 8.60. The highest BCUT2D eigenvalue weighted by Gasteiger charge is 2.34. The number of anilines is 1. The van der Waals surface area contributed by atoms with E-state index in [9.17, 15) is 9.90 Å². The van der Waals surface area contributed by atoms with Crippen LogP contribution < -0.4 is 14.4 Å². The average molecular weight is 530 g/mol. The van der Waals surface area contributed by atoms with Crippen molar-refractivity contribution in [2.45, 2.75) is 57.4 Å². The lowest BCUT2D eigenvalue weighted by Gasteiger charge is -2.34. The number of nitrogens with zero attached hydrogens (tertiary/aromatic N) is 3. The van der Waals surface area contributed by atoms with E-state index in [0.29, 0.717) is 18.4 Å². The van der Waals surface area contributed by atoms with E-state index in [-0.39, 0.29) is 12.3 Å². The summed E-state index contributed by atoms with van der Waals surface area (Å²) in [4.78, 5) is 13.9. The third kappa shape index (κ3) is 6.40. The van der Waals surface area contributed by atoms with Crippen LogP contribution in [-0.2, 0) is 11.3 Å². The molecule has 0 bridgehead atoms. The van der Waals surface area contributed by atoms with Crippen LogP contribution in [0.25, 0.3) is 11.1 Å². The van der Waals surface area contributed by atoms with Gasteiger partial charge in [-0.3, -0.25) is 9.48 Å². The Balaban J connectivity index is 1.08. The van der Waals surface area contributed by atoms with Crippen LogP contribution in [0, 0.1) is 17.8 Å². The number of rotatable bonds is 12. The van der Waals surface area contributed by atoms with Crippen LogP contribution in [0.3, 0.4) is 0 Å². The molecule has 1 saturated heterocycles. The first-order chi connectivity index (χ1) is 19.1. The van der Waals surface area contributed by atoms with E-state index in [2.05, 4.69) is 45.1 Å². The standard InChI is InChI=1S/C32H39N3O4/c1-38-27-9-10-29(26-18-33-35(20-26)19-22-5-6-22)31(16-27)34-13-11-23(12-14-34)21-39-28-4-2-3-25(15-28)30(17-32(36)37)24-7-8-24/h2-4,9-10,15-16,18,20,22-24,30H,5-8,11-14,17,19,21H2,1H3,(H,36,37). The van der Waals surface area contributed by atoms with Gasteiger partial charge in [-0.1, -0.05) is 12.1 Å². The first-order valence-electron chi connectivity index (χ1n) is 14.5. The van der Waals surface area contributed by atoms with Gasteiger partial charge in [-0.2, -0.15) is 5.10 Å². The highest BCUT2D eigenvalue weighted by molar-refractivity contribution is 5.79. The van der Waals surface area contributed by atoms with Crippen molar-refractivity contribution >= 4 is 11.7 Å². The molecule has 7 heteroatoms. The molecule has 1 aliphatic heterocycles. The minimum absolute atomic E-state index is 0.0900. The van der Waals surface area contributed by atoms with Crippen LogP contribution in [-0.4, -0.2) is 47.7 Å². The number of piperidine rings is 1. The number of aliphatic carboxylic acids is 1. The molecule has 39 heavy (non-hydrogen) atoms. The van der Waals surface area contributed by atoms with Gasteiger partial charge in [0.05, 0.1) is 26.3 Å². The third-order valence-corrected chi connectivity index (χ3v) is 8.60. The van der Waals surface area contributed by atoms with E-state index in [1.54, 1.807) is 7.11 Å². The largest absolute Gasteiger partial charge is 0.497 e. The van der Waals surface area contributed by atoms with Gasteiger partial charge < -0.3 is 19.5 Å². The van der Waals surface area contributed by atoms with Crippen molar-refractivity contribution in [2.75, 3.05) is 31.7 Å². The van der Waals surface area contributed by atoms with Crippen LogP contribution in [0.1, 0.15) is 56.4 Å². The van der Waals surface area contributed by atoms with Crippen molar-refractivity contribution in [3.05, 3.63) is 60.4 Å². The molecule has 206 valence electrons. The second-order valence-electron chi connectivity index (χ2n) is 11.6. The molecule has 3 fully saturated rings. The van der Waals surface area contributed by atoms with Crippen LogP contribution >= 0.6 is 0 Å². The Bertz CT molecular complexity index is 1290. The Morgan fingerprint density at radius 3 is 2.56 bits per heavy atom. The van der Waals surface area contributed by atoms with E-state index in [4.69, 9.17) is 9.47 Å². The minimum atomic E-state index is -0.726. The molecule has 2 aromatic carbocycles. The summed E-state index contributed by atoms with van der Waals surface area (Å²) in [6, 6.07) is 14.5. The van der Waals surface area contributed by atoms with Crippen molar-refractivity contribution in [1.82, 2.24) is 9.78 Å². The van der Waals surface area contributed by atoms with Crippen LogP contribution in [0.2, 0.25) is 0 Å². The first-order valence-corrected chi connectivity index (χ1v) is 14.5. The van der Waals surface area contributed by atoms with Gasteiger partial charge in [-0.05, 0) is 92.0 Å². The number of ether oxygens (including phenoxy) is 2. The summed E-state index contributed by atoms with van der Waals surface area (Å²) in [6.07, 6.45) is 11.4. The Kier molecular flexibility index (Phi) is 7.49. The van der Waals surface area contributed by atoms with Gasteiger partial charge in [0, 0.05) is 48.7 Å². The molecule has 2 heterocycles. The number of hydrogen-bond donors (Lipinski definition) is 1. The topological polar surface area (TPSA) is 76.8 Å². The summed E-state index contributed by atoms with van der Waals surface area (Å²) < 4.78 is 13.9. The molecule has 3 aliphatic rings. The lowest BCUT2D eigenvalue weighted by molar-refractivity contribution is -0.137. The molecular formula is C32H39N3O4. The van der Waals surface area contributed by atoms with Gasteiger partial charge in [0.25, 0.3) is 0 Å². The smallest absolute Gasteiger partial charge is 0.303 e. The SMILES string of the molecule is COc1ccc(-c2cnn(CC3CC3)c2)c(N2CCC(COc3cccc(C(CC(=O)O)C4CC4)c3)CC2)c1. The van der Waals surface area contributed by atoms with E-state index < -0.39 is 5.97 Å². The zero-order valence-electron chi connectivity index (χ0n) is 22.8. The molecular weight excluding hydrogens is 490 g/mol. The predicted octanol–water partition coefficient (Wildman–Crippen LogP) is 6.23. The summed E-state index contributed by atoms with van der Waals surface area (Å²) in [5.41, 5.74) is 4.66. The highest BCUT2D eigenvalue weighted by Crippen LogP contribution is 2.45. The maximum absolute atomic E-state index is 11.4. The molecule has 3 aromatic rings. The number of benzene rings is 2. The molecule has 1 aromatic heterocycles. The monoisotopic (exact) mass is 529 g/mol. The number of carboxylic acids is 1. The van der Waals surface area contributed by atoms with E-state index in [0.717, 1.165) is 73.9 Å². The maximum atomic E-state index is 11.4. The van der Waals surface area contributed by atoms with Gasteiger partial charge in [0.15, 0.2) is 0 Å². The van der Waals surface area contributed by atoms with Gasteiger partial charge in [-0.25, -0.2) is 0 Å². The fraction of sp³-hybridized carbons (Fsp3) is 0.500. The molecule has 2 aliphatic carbocycles. The number of carbonyl (C=O) groups is 1. The summed E-state index contributed by atoms with van der Waals surface area (Å²) in [7, 11) is 1.72. The van der Waals surface area contributed by atoms with Crippen LogP contribution in [0.4, 0.5) is 5.69 Å². The zero-order valence-corrected chi connectivity index (χ0v) is 22.8. The van der Waals surface area contributed by atoms with Gasteiger partial charge in [0.1, 0.15) is 11.5 Å². The van der Waals surface area contributed by atoms with Crippen molar-refractivity contribution < 1.29 is 19.4 Å². The molecule has 2 saturated carbocycles. The molecule has 1 N–H and O–H groups in total. The molecule has 6 rings (SSSR count). The fourth-order valence-electron chi connectivity index (χ4n) is 5.94. The Morgan fingerprint density at radius 1 is 1.03 bits per heavy atom. The second-order valence-corrected chi connectivity index (χ2v) is 11.6. The number of carboxylic acid groups (broad SMARTS) is 1. The number of hydrogen-bond acceptors (Lipinski definition) is 5. The van der Waals surface area contributed by atoms with E-state index in [1.165, 1.54) is 24.1 Å². The van der Waals surface area contributed by atoms with Crippen LogP contribution in [0.5, 0.6) is 11.5 Å². The second kappa shape index (κ2) is 11.3. The van der Waals surface area contributed by atoms with Crippen molar-refractivity contribution in [3.63, 3.8) is 0 Å². The molecule has 1 atom stereocenters. The average Bonchev–Trinajstić information content (AvgIpc) is 3.90. The minimum Gasteiger partial charge on any atom is -0.497 e. The normalized spacial score (nSPS) is 18.6. The van der Waals surface area contributed by atoms with Crippen molar-refractivity contribution in [3.8, 4) is 22.6 Å². The van der Waals surface area contributed by atoms with Crippen molar-refractivity contribution in [2.24, 2.45) is 17.8 Å². The molecule has 1 unspecified atom stereocenters. The number of methoxy groups -OCH3 is 1. The van der Waals surface area contributed by atoms with Crippen LogP contribution in [0.15, 0.2) is 54.9 Å². The lowest BCUT2D eigenvalue weighted by Crippen LogP contribution is -2.35. The van der Waals surface area contributed by atoms with Gasteiger partial charge in [0.2, 0.25) is 0 Å². The lowest BCUT2D eigenvalue weighted by atomic mass is 9.91. The molecule has 0 amide bonds. The number of aromatic nitrogens is 2. The van der Waals surface area contributed by atoms with E-state index in [1.807, 2.05) is 24.4 Å². The summed E-state index contributed by atoms with van der Waals surface area (Å²) in [5, 5.41) is 14.0. The van der Waals surface area contributed by atoms with E-state index >= 15 is 0 Å². The summed E-state index contributed by atoms with van der Waals surface area (Å²) in [5.74, 6) is 2.86. The summed E-state index contributed by atoms with van der Waals surface area (Å²) in [6.45, 7) is 3.63. The molecule has 0 radical (unpaired) electrons. The predicted molar refractivity (Wildman–Crippen MR) is 152 cm³/mol.